The molecule has 0 saturated heterocycles. The minimum absolute atomic E-state index is 0.278. The summed E-state index contributed by atoms with van der Waals surface area (Å²) in [6.45, 7) is 0.336. The molecule has 0 aliphatic heterocycles. The Morgan fingerprint density at radius 2 is 1.67 bits per heavy atom. The molecule has 3 rings (SSSR count). The van der Waals surface area contributed by atoms with Crippen molar-refractivity contribution in [1.82, 2.24) is 15.1 Å². The normalized spacial score (nSPS) is 10.3. The van der Waals surface area contributed by atoms with Crippen LogP contribution in [0.3, 0.4) is 0 Å². The van der Waals surface area contributed by atoms with Crippen molar-refractivity contribution in [2.75, 3.05) is 21.3 Å². The Bertz CT molecular complexity index is 922. The van der Waals surface area contributed by atoms with Gasteiger partial charge in [-0.15, -0.1) is 0 Å². The summed E-state index contributed by atoms with van der Waals surface area (Å²) in [5, 5.41) is 7.20. The van der Waals surface area contributed by atoms with Gasteiger partial charge in [-0.05, 0) is 12.1 Å². The maximum atomic E-state index is 12.6. The fourth-order valence-electron chi connectivity index (χ4n) is 2.66. The minimum Gasteiger partial charge on any atom is -0.496 e. The molecule has 1 heterocycles. The van der Waals surface area contributed by atoms with Gasteiger partial charge >= 0.3 is 0 Å². The van der Waals surface area contributed by atoms with Gasteiger partial charge in [0.15, 0.2) is 11.5 Å². The fourth-order valence-corrected chi connectivity index (χ4v) is 2.66. The summed E-state index contributed by atoms with van der Waals surface area (Å²) in [6, 6.07) is 13.0. The van der Waals surface area contributed by atoms with Crippen LogP contribution < -0.4 is 19.5 Å². The van der Waals surface area contributed by atoms with Crippen molar-refractivity contribution >= 4 is 5.91 Å². The van der Waals surface area contributed by atoms with Gasteiger partial charge in [-0.2, -0.15) is 5.10 Å². The SMILES string of the molecule is COc1cc(OC)c(C(=O)NCc2cnn(-c3ccccc3)c2)cc1OC. The zero-order valence-electron chi connectivity index (χ0n) is 15.4. The van der Waals surface area contributed by atoms with E-state index in [4.69, 9.17) is 14.2 Å². The molecular formula is C20H21N3O4. The van der Waals surface area contributed by atoms with Crippen LogP contribution in [-0.2, 0) is 6.54 Å². The van der Waals surface area contributed by atoms with E-state index < -0.39 is 0 Å². The molecular weight excluding hydrogens is 346 g/mol. The third kappa shape index (κ3) is 4.03. The lowest BCUT2D eigenvalue weighted by atomic mass is 10.1. The zero-order valence-corrected chi connectivity index (χ0v) is 15.4. The number of nitrogens with one attached hydrogen (secondary N) is 1. The maximum absolute atomic E-state index is 12.6. The van der Waals surface area contributed by atoms with Crippen molar-refractivity contribution in [1.29, 1.82) is 0 Å². The number of hydrogen-bond donors (Lipinski definition) is 1. The summed E-state index contributed by atoms with van der Waals surface area (Å²) in [5.41, 5.74) is 2.20. The second-order valence-corrected chi connectivity index (χ2v) is 5.72. The lowest BCUT2D eigenvalue weighted by Gasteiger charge is -2.13. The number of rotatable bonds is 7. The largest absolute Gasteiger partial charge is 0.496 e. The number of hydrogen-bond acceptors (Lipinski definition) is 5. The topological polar surface area (TPSA) is 74.6 Å². The van der Waals surface area contributed by atoms with Crippen LogP contribution in [-0.4, -0.2) is 37.0 Å². The van der Waals surface area contributed by atoms with Crippen LogP contribution >= 0.6 is 0 Å². The first-order valence-corrected chi connectivity index (χ1v) is 8.33. The zero-order chi connectivity index (χ0) is 19.2. The Morgan fingerprint density at radius 3 is 2.33 bits per heavy atom. The van der Waals surface area contributed by atoms with E-state index in [-0.39, 0.29) is 5.91 Å². The third-order valence-corrected chi connectivity index (χ3v) is 4.06. The van der Waals surface area contributed by atoms with E-state index in [2.05, 4.69) is 10.4 Å². The first-order chi connectivity index (χ1) is 13.2. The maximum Gasteiger partial charge on any atom is 0.255 e. The minimum atomic E-state index is -0.278. The van der Waals surface area contributed by atoms with Crippen molar-refractivity contribution in [3.05, 3.63) is 66.0 Å². The highest BCUT2D eigenvalue weighted by Gasteiger charge is 2.17. The van der Waals surface area contributed by atoms with E-state index in [0.29, 0.717) is 29.4 Å². The van der Waals surface area contributed by atoms with Crippen LogP contribution in [0.2, 0.25) is 0 Å². The van der Waals surface area contributed by atoms with Gasteiger partial charge in [0.2, 0.25) is 0 Å². The van der Waals surface area contributed by atoms with Gasteiger partial charge in [0.25, 0.3) is 5.91 Å². The number of carbonyl (C=O) groups excluding carboxylic acids is 1. The molecule has 0 unspecified atom stereocenters. The number of carbonyl (C=O) groups is 1. The summed E-state index contributed by atoms with van der Waals surface area (Å²) in [7, 11) is 4.55. The highest BCUT2D eigenvalue weighted by Crippen LogP contribution is 2.34. The number of aromatic nitrogens is 2. The summed E-state index contributed by atoms with van der Waals surface area (Å²) in [4.78, 5) is 12.6. The number of methoxy groups -OCH3 is 3. The molecule has 3 aromatic rings. The van der Waals surface area contributed by atoms with Crippen molar-refractivity contribution in [3.8, 4) is 22.9 Å². The Hall–Kier alpha value is -3.48. The van der Waals surface area contributed by atoms with Gasteiger partial charge in [-0.1, -0.05) is 18.2 Å². The molecule has 0 spiro atoms. The third-order valence-electron chi connectivity index (χ3n) is 4.06. The lowest BCUT2D eigenvalue weighted by molar-refractivity contribution is 0.0947. The second-order valence-electron chi connectivity index (χ2n) is 5.72. The van der Waals surface area contributed by atoms with Gasteiger partial charge in [0.1, 0.15) is 5.75 Å². The molecule has 0 radical (unpaired) electrons. The molecule has 1 aromatic heterocycles. The second kappa shape index (κ2) is 8.27. The molecule has 27 heavy (non-hydrogen) atoms. The lowest BCUT2D eigenvalue weighted by Crippen LogP contribution is -2.23. The summed E-state index contributed by atoms with van der Waals surface area (Å²) in [5.74, 6) is 1.08. The molecule has 2 aromatic carbocycles. The van der Waals surface area contributed by atoms with Crippen LogP contribution in [0.4, 0.5) is 0 Å². The number of ether oxygens (including phenoxy) is 3. The standard InChI is InChI=1S/C20H21N3O4/c1-25-17-10-19(27-3)18(26-2)9-16(17)20(24)21-11-14-12-22-23(13-14)15-7-5-4-6-8-15/h4-10,12-13H,11H2,1-3H3,(H,21,24). The summed E-state index contributed by atoms with van der Waals surface area (Å²) < 4.78 is 17.6. The first-order valence-electron chi connectivity index (χ1n) is 8.33. The molecule has 0 bridgehead atoms. The molecule has 140 valence electrons. The molecule has 7 heteroatoms. The molecule has 0 atom stereocenters. The van der Waals surface area contributed by atoms with E-state index in [0.717, 1.165) is 11.3 Å². The highest BCUT2D eigenvalue weighted by atomic mass is 16.5. The predicted molar refractivity (Wildman–Crippen MR) is 101 cm³/mol. The Labute approximate surface area is 157 Å². The first kappa shape index (κ1) is 18.3. The van der Waals surface area contributed by atoms with Gasteiger partial charge in [-0.3, -0.25) is 4.79 Å². The average molecular weight is 367 g/mol. The summed E-state index contributed by atoms with van der Waals surface area (Å²) in [6.07, 6.45) is 3.60. The van der Waals surface area contributed by atoms with Crippen LogP contribution in [0.25, 0.3) is 5.69 Å². The van der Waals surface area contributed by atoms with Crippen LogP contribution in [0, 0.1) is 0 Å². The molecule has 1 N–H and O–H groups in total. The van der Waals surface area contributed by atoms with Crippen molar-refractivity contribution in [3.63, 3.8) is 0 Å². The predicted octanol–water partition coefficient (Wildman–Crippen LogP) is 2.83. The molecule has 0 fully saturated rings. The van der Waals surface area contributed by atoms with Crippen LogP contribution in [0.1, 0.15) is 15.9 Å². The van der Waals surface area contributed by atoms with E-state index >= 15 is 0 Å². The molecule has 0 aliphatic carbocycles. The molecule has 0 saturated carbocycles. The number of benzene rings is 2. The molecule has 7 nitrogen and oxygen atoms in total. The van der Waals surface area contributed by atoms with Crippen LogP contribution in [0.15, 0.2) is 54.9 Å². The van der Waals surface area contributed by atoms with Gasteiger partial charge in [0.05, 0.1) is 38.8 Å². The molecule has 0 aliphatic rings. The number of para-hydroxylation sites is 1. The van der Waals surface area contributed by atoms with Gasteiger partial charge in [-0.25, -0.2) is 4.68 Å². The number of nitrogens with zero attached hydrogens (tertiary/aromatic N) is 2. The highest BCUT2D eigenvalue weighted by molar-refractivity contribution is 5.97. The van der Waals surface area contributed by atoms with E-state index in [9.17, 15) is 4.79 Å². The van der Waals surface area contributed by atoms with Gasteiger partial charge in [0, 0.05) is 30.4 Å². The van der Waals surface area contributed by atoms with E-state index in [1.54, 1.807) is 23.0 Å². The fraction of sp³-hybridized carbons (Fsp3) is 0.200. The van der Waals surface area contributed by atoms with Crippen molar-refractivity contribution < 1.29 is 19.0 Å². The molecule has 1 amide bonds. The smallest absolute Gasteiger partial charge is 0.255 e. The Kier molecular flexibility index (Phi) is 5.61. The van der Waals surface area contributed by atoms with Crippen molar-refractivity contribution in [2.45, 2.75) is 6.54 Å². The quantitative estimate of drug-likeness (QED) is 0.695. The number of amides is 1. The summed E-state index contributed by atoms with van der Waals surface area (Å²) >= 11 is 0. The van der Waals surface area contributed by atoms with Gasteiger partial charge < -0.3 is 19.5 Å². The monoisotopic (exact) mass is 367 g/mol. The van der Waals surface area contributed by atoms with E-state index in [1.807, 2.05) is 36.5 Å². The Balaban J connectivity index is 1.74. The van der Waals surface area contributed by atoms with Crippen LogP contribution in [0.5, 0.6) is 17.2 Å². The Morgan fingerprint density at radius 1 is 1.00 bits per heavy atom. The average Bonchev–Trinajstić information content (AvgIpc) is 3.20. The van der Waals surface area contributed by atoms with Crippen molar-refractivity contribution in [2.24, 2.45) is 0 Å². The van der Waals surface area contributed by atoms with E-state index in [1.165, 1.54) is 21.3 Å².